The second-order valence-electron chi connectivity index (χ2n) is 4.94. The van der Waals surface area contributed by atoms with Gasteiger partial charge in [0.25, 0.3) is 5.56 Å². The van der Waals surface area contributed by atoms with E-state index in [-0.39, 0.29) is 17.0 Å². The van der Waals surface area contributed by atoms with Crippen molar-refractivity contribution in [3.63, 3.8) is 0 Å². The van der Waals surface area contributed by atoms with Gasteiger partial charge < -0.3 is 4.42 Å². The molecule has 7 nitrogen and oxygen atoms in total. The van der Waals surface area contributed by atoms with Crippen LogP contribution in [0.3, 0.4) is 0 Å². The number of rotatable bonds is 3. The van der Waals surface area contributed by atoms with Crippen molar-refractivity contribution in [1.82, 2.24) is 9.38 Å². The van der Waals surface area contributed by atoms with Gasteiger partial charge in [0, 0.05) is 0 Å². The zero-order valence-corrected chi connectivity index (χ0v) is 12.9. The topological polar surface area (TPSA) is 90.6 Å². The highest BCUT2D eigenvalue weighted by molar-refractivity contribution is 7.15. The third-order valence-electron chi connectivity index (χ3n) is 3.51. The Morgan fingerprint density at radius 3 is 2.96 bits per heavy atom. The quantitative estimate of drug-likeness (QED) is 0.423. The first-order valence-corrected chi connectivity index (χ1v) is 7.77. The average Bonchev–Trinajstić information content (AvgIpc) is 3.23. The fourth-order valence-corrected chi connectivity index (χ4v) is 3.38. The SMILES string of the molecule is O=c1c(=CC=Cc2occc2[N+](=O)[O-])sc2nc3ccccc3n12. The Bertz CT molecular complexity index is 1220. The molecular formula is C16H9N3O4S. The molecule has 3 aromatic heterocycles. The lowest BCUT2D eigenvalue weighted by atomic mass is 10.3. The van der Waals surface area contributed by atoms with Gasteiger partial charge in [-0.2, -0.15) is 0 Å². The molecule has 4 rings (SSSR count). The molecule has 0 amide bonds. The van der Waals surface area contributed by atoms with E-state index < -0.39 is 4.92 Å². The normalized spacial score (nSPS) is 12.8. The van der Waals surface area contributed by atoms with Crippen LogP contribution in [0.15, 0.2) is 51.9 Å². The predicted molar refractivity (Wildman–Crippen MR) is 90.9 cm³/mol. The first-order chi connectivity index (χ1) is 11.6. The van der Waals surface area contributed by atoms with Gasteiger partial charge >= 0.3 is 5.69 Å². The van der Waals surface area contributed by atoms with Crippen LogP contribution in [0.5, 0.6) is 0 Å². The van der Waals surface area contributed by atoms with Crippen molar-refractivity contribution in [1.29, 1.82) is 0 Å². The van der Waals surface area contributed by atoms with Gasteiger partial charge in [0.05, 0.1) is 32.8 Å². The van der Waals surface area contributed by atoms with Crippen LogP contribution in [-0.4, -0.2) is 14.3 Å². The molecule has 0 bridgehead atoms. The molecule has 118 valence electrons. The van der Waals surface area contributed by atoms with Crippen molar-refractivity contribution in [3.8, 4) is 0 Å². The standard InChI is InChI=1S/C16H9N3O4S/c20-15-14(7-3-6-13-12(19(21)22)8-9-23-13)24-16-17-10-4-1-2-5-11(10)18(15)16/h1-9H. The zero-order chi connectivity index (χ0) is 16.7. The number of nitrogens with zero attached hydrogens (tertiary/aromatic N) is 3. The van der Waals surface area contributed by atoms with E-state index in [9.17, 15) is 14.9 Å². The van der Waals surface area contributed by atoms with Crippen LogP contribution in [-0.2, 0) is 0 Å². The van der Waals surface area contributed by atoms with Gasteiger partial charge in [-0.25, -0.2) is 9.38 Å². The van der Waals surface area contributed by atoms with Gasteiger partial charge in [0.15, 0.2) is 4.96 Å². The van der Waals surface area contributed by atoms with Gasteiger partial charge in [0.2, 0.25) is 5.76 Å². The maximum Gasteiger partial charge on any atom is 0.314 e. The molecule has 0 saturated heterocycles. The summed E-state index contributed by atoms with van der Waals surface area (Å²) in [5.74, 6) is 0.135. The van der Waals surface area contributed by atoms with E-state index in [2.05, 4.69) is 4.98 Å². The monoisotopic (exact) mass is 339 g/mol. The average molecular weight is 339 g/mol. The van der Waals surface area contributed by atoms with Crippen molar-refractivity contribution < 1.29 is 9.34 Å². The Hall–Kier alpha value is -3.26. The lowest BCUT2D eigenvalue weighted by Gasteiger charge is -1.86. The number of nitro groups is 1. The molecule has 0 saturated carbocycles. The summed E-state index contributed by atoms with van der Waals surface area (Å²) >= 11 is 1.27. The van der Waals surface area contributed by atoms with E-state index in [0.717, 1.165) is 11.0 Å². The second kappa shape index (κ2) is 5.43. The minimum Gasteiger partial charge on any atom is -0.457 e. The van der Waals surface area contributed by atoms with Crippen LogP contribution in [0.2, 0.25) is 0 Å². The van der Waals surface area contributed by atoms with Gasteiger partial charge in [-0.05, 0) is 24.3 Å². The van der Waals surface area contributed by atoms with Crippen LogP contribution >= 0.6 is 11.3 Å². The summed E-state index contributed by atoms with van der Waals surface area (Å²) in [5.41, 5.74) is 1.25. The number of benzene rings is 1. The lowest BCUT2D eigenvalue weighted by Crippen LogP contribution is -2.22. The summed E-state index contributed by atoms with van der Waals surface area (Å²) in [6.45, 7) is 0. The fourth-order valence-electron chi connectivity index (χ4n) is 2.44. The highest BCUT2D eigenvalue weighted by atomic mass is 32.1. The number of para-hydroxylation sites is 2. The van der Waals surface area contributed by atoms with Crippen LogP contribution in [0, 0.1) is 10.1 Å². The summed E-state index contributed by atoms with van der Waals surface area (Å²) in [4.78, 5) is 27.8. The Balaban J connectivity index is 1.79. The molecule has 0 fully saturated rings. The van der Waals surface area contributed by atoms with Gasteiger partial charge in [0.1, 0.15) is 0 Å². The van der Waals surface area contributed by atoms with Gasteiger partial charge in [-0.1, -0.05) is 29.5 Å². The smallest absolute Gasteiger partial charge is 0.314 e. The molecule has 0 radical (unpaired) electrons. The van der Waals surface area contributed by atoms with Crippen LogP contribution in [0.1, 0.15) is 5.76 Å². The Morgan fingerprint density at radius 2 is 2.12 bits per heavy atom. The molecule has 0 N–H and O–H groups in total. The third kappa shape index (κ3) is 2.20. The summed E-state index contributed by atoms with van der Waals surface area (Å²) in [7, 11) is 0. The molecule has 4 aromatic rings. The fraction of sp³-hybridized carbons (Fsp3) is 0. The van der Waals surface area contributed by atoms with E-state index in [1.54, 1.807) is 16.6 Å². The maximum atomic E-state index is 12.5. The van der Waals surface area contributed by atoms with Gasteiger partial charge in [-0.15, -0.1) is 0 Å². The third-order valence-corrected chi connectivity index (χ3v) is 4.50. The summed E-state index contributed by atoms with van der Waals surface area (Å²) in [5, 5.41) is 10.8. The predicted octanol–water partition coefficient (Wildman–Crippen LogP) is 2.62. The molecular weight excluding hydrogens is 330 g/mol. The molecule has 24 heavy (non-hydrogen) atoms. The number of hydrogen-bond donors (Lipinski definition) is 0. The maximum absolute atomic E-state index is 12.5. The molecule has 0 atom stereocenters. The number of furan rings is 1. The molecule has 0 spiro atoms. The summed E-state index contributed by atoms with van der Waals surface area (Å²) in [6.07, 6.45) is 5.86. The number of aromatic nitrogens is 2. The number of hydrogen-bond acceptors (Lipinski definition) is 6. The zero-order valence-electron chi connectivity index (χ0n) is 12.1. The van der Waals surface area contributed by atoms with E-state index in [0.29, 0.717) is 9.49 Å². The lowest BCUT2D eigenvalue weighted by molar-refractivity contribution is -0.385. The van der Waals surface area contributed by atoms with Crippen LogP contribution in [0.25, 0.3) is 28.1 Å². The van der Waals surface area contributed by atoms with E-state index >= 15 is 0 Å². The van der Waals surface area contributed by atoms with Crippen molar-refractivity contribution in [3.05, 3.63) is 73.4 Å². The molecule has 1 aromatic carbocycles. The van der Waals surface area contributed by atoms with Crippen molar-refractivity contribution in [2.45, 2.75) is 0 Å². The molecule has 0 aliphatic rings. The van der Waals surface area contributed by atoms with Gasteiger partial charge in [-0.3, -0.25) is 14.9 Å². The Morgan fingerprint density at radius 1 is 1.29 bits per heavy atom. The largest absolute Gasteiger partial charge is 0.457 e. The Kier molecular flexibility index (Phi) is 3.24. The van der Waals surface area contributed by atoms with Crippen molar-refractivity contribution >= 4 is 45.2 Å². The summed E-state index contributed by atoms with van der Waals surface area (Å²) < 4.78 is 7.11. The molecule has 0 unspecified atom stereocenters. The van der Waals surface area contributed by atoms with Crippen molar-refractivity contribution in [2.75, 3.05) is 0 Å². The molecule has 0 aliphatic heterocycles. The number of allylic oxidation sites excluding steroid dienone is 1. The van der Waals surface area contributed by atoms with Crippen LogP contribution in [0.4, 0.5) is 5.69 Å². The number of thiazole rings is 1. The van der Waals surface area contributed by atoms with E-state index in [1.165, 1.54) is 29.7 Å². The highest BCUT2D eigenvalue weighted by Gasteiger charge is 2.14. The highest BCUT2D eigenvalue weighted by Crippen LogP contribution is 2.20. The molecule has 0 aliphatic carbocycles. The number of imidazole rings is 1. The minimum absolute atomic E-state index is 0.117. The molecule has 3 heterocycles. The van der Waals surface area contributed by atoms with E-state index in [1.807, 2.05) is 24.3 Å². The second-order valence-corrected chi connectivity index (χ2v) is 5.95. The molecule has 8 heteroatoms. The first-order valence-electron chi connectivity index (χ1n) is 6.95. The summed E-state index contributed by atoms with van der Waals surface area (Å²) in [6, 6.07) is 8.70. The Labute approximate surface area is 137 Å². The first kappa shape index (κ1) is 14.3. The van der Waals surface area contributed by atoms with Crippen molar-refractivity contribution in [2.24, 2.45) is 0 Å². The van der Waals surface area contributed by atoms with Crippen LogP contribution < -0.4 is 10.1 Å². The number of fused-ring (bicyclic) bond motifs is 3. The minimum atomic E-state index is -0.520. The van der Waals surface area contributed by atoms with E-state index in [4.69, 9.17) is 4.42 Å².